The molecule has 17 nitrogen and oxygen atoms in total. The zero-order valence-electron chi connectivity index (χ0n) is 56.3. The van der Waals surface area contributed by atoms with Crippen molar-refractivity contribution in [2.45, 2.75) is 348 Å². The van der Waals surface area contributed by atoms with Gasteiger partial charge in [-0.05, 0) is 57.3 Å². The summed E-state index contributed by atoms with van der Waals surface area (Å²) in [5, 5.41) is 10.6. The van der Waals surface area contributed by atoms with Crippen molar-refractivity contribution in [3.8, 4) is 0 Å². The number of hydrogen-bond donors (Lipinski definition) is 3. The van der Waals surface area contributed by atoms with Crippen LogP contribution in [0.15, 0.2) is 24.3 Å². The van der Waals surface area contributed by atoms with Gasteiger partial charge >= 0.3 is 39.5 Å². The molecule has 0 bridgehead atoms. The third-order valence-corrected chi connectivity index (χ3v) is 17.3. The predicted octanol–water partition coefficient (Wildman–Crippen LogP) is 19.3. The van der Waals surface area contributed by atoms with E-state index in [4.69, 9.17) is 37.0 Å². The minimum atomic E-state index is -4.96. The Balaban J connectivity index is 5.27. The van der Waals surface area contributed by atoms with Crippen LogP contribution in [0, 0.1) is 5.92 Å². The van der Waals surface area contributed by atoms with Crippen LogP contribution >= 0.6 is 15.6 Å². The Morgan fingerprint density at radius 2 is 0.614 bits per heavy atom. The summed E-state index contributed by atoms with van der Waals surface area (Å²) in [4.78, 5) is 72.4. The van der Waals surface area contributed by atoms with E-state index in [1.807, 2.05) is 0 Å². The summed E-state index contributed by atoms with van der Waals surface area (Å²) in [6, 6.07) is 0. The van der Waals surface area contributed by atoms with Crippen LogP contribution in [0.2, 0.25) is 0 Å². The number of carbonyl (C=O) groups is 4. The van der Waals surface area contributed by atoms with Crippen LogP contribution in [-0.2, 0) is 65.4 Å². The van der Waals surface area contributed by atoms with Crippen molar-refractivity contribution in [3.05, 3.63) is 24.3 Å². The van der Waals surface area contributed by atoms with E-state index in [2.05, 4.69) is 58.9 Å². The van der Waals surface area contributed by atoms with Crippen molar-refractivity contribution >= 4 is 39.5 Å². The molecule has 0 aromatic rings. The van der Waals surface area contributed by atoms with Gasteiger partial charge in [0.05, 0.1) is 26.4 Å². The molecule has 2 unspecified atom stereocenters. The SMILES string of the molecule is CCCCCC/C=C\C=C/CCCCCCCC(=O)O[C@H](COC(=O)CCCCCCCCCCCCCCC)COP(=O)(O)OC[C@@H](O)COP(=O)(O)OC[C@@H](COC(=O)CCCCCCCCCC)OC(=O)CCCCCCCCCCCC(C)C. The minimum Gasteiger partial charge on any atom is -0.462 e. The van der Waals surface area contributed by atoms with Gasteiger partial charge in [0, 0.05) is 25.7 Å². The number of ether oxygens (including phenoxy) is 4. The van der Waals surface area contributed by atoms with Gasteiger partial charge in [0.2, 0.25) is 0 Å². The number of aliphatic hydroxyl groups is 1. The molecule has 5 atom stereocenters. The molecule has 0 fully saturated rings. The smallest absolute Gasteiger partial charge is 0.462 e. The molecule has 0 aromatic carbocycles. The van der Waals surface area contributed by atoms with Crippen LogP contribution in [0.25, 0.3) is 0 Å². The highest BCUT2D eigenvalue weighted by Gasteiger charge is 2.30. The highest BCUT2D eigenvalue weighted by atomic mass is 31.2. The quantitative estimate of drug-likeness (QED) is 0.0169. The lowest BCUT2D eigenvalue weighted by Crippen LogP contribution is -2.30. The van der Waals surface area contributed by atoms with Crippen LogP contribution in [0.1, 0.15) is 330 Å². The van der Waals surface area contributed by atoms with Gasteiger partial charge in [-0.2, -0.15) is 0 Å². The fourth-order valence-corrected chi connectivity index (χ4v) is 11.5. The zero-order chi connectivity index (χ0) is 64.9. The molecule has 0 amide bonds. The van der Waals surface area contributed by atoms with Crippen LogP contribution in [0.3, 0.4) is 0 Å². The van der Waals surface area contributed by atoms with Crippen molar-refractivity contribution in [3.63, 3.8) is 0 Å². The highest BCUT2D eigenvalue weighted by Crippen LogP contribution is 2.45. The second-order valence-corrected chi connectivity index (χ2v) is 27.6. The van der Waals surface area contributed by atoms with Gasteiger partial charge in [0.25, 0.3) is 0 Å². The second-order valence-electron chi connectivity index (χ2n) is 24.7. The minimum absolute atomic E-state index is 0.0854. The molecule has 88 heavy (non-hydrogen) atoms. The van der Waals surface area contributed by atoms with Gasteiger partial charge in [-0.1, -0.05) is 277 Å². The number of hydrogen-bond acceptors (Lipinski definition) is 15. The van der Waals surface area contributed by atoms with Gasteiger partial charge in [-0.25, -0.2) is 9.13 Å². The molecule has 0 aliphatic carbocycles. The number of unbranched alkanes of at least 4 members (excludes halogenated alkanes) is 36. The fraction of sp³-hybridized carbons (Fsp3) is 0.884. The molecule has 518 valence electrons. The molecule has 19 heteroatoms. The maximum atomic E-state index is 13.0. The molecule has 0 aliphatic heterocycles. The third kappa shape index (κ3) is 62.4. The Bertz CT molecular complexity index is 1800. The Labute approximate surface area is 535 Å². The van der Waals surface area contributed by atoms with E-state index in [0.29, 0.717) is 25.7 Å². The molecular weight excluding hydrogens is 1160 g/mol. The summed E-state index contributed by atoms with van der Waals surface area (Å²) in [6.45, 7) is 7.12. The van der Waals surface area contributed by atoms with E-state index in [-0.39, 0.29) is 25.7 Å². The lowest BCUT2D eigenvalue weighted by atomic mass is 10.0. The van der Waals surface area contributed by atoms with Crippen molar-refractivity contribution in [2.75, 3.05) is 39.6 Å². The van der Waals surface area contributed by atoms with Crippen LogP contribution in [0.4, 0.5) is 0 Å². The number of allylic oxidation sites excluding steroid dienone is 4. The summed E-state index contributed by atoms with van der Waals surface area (Å²) >= 11 is 0. The average molecular weight is 1290 g/mol. The van der Waals surface area contributed by atoms with E-state index < -0.39 is 97.5 Å². The summed E-state index contributed by atoms with van der Waals surface area (Å²) in [7, 11) is -9.91. The molecule has 3 N–H and O–H groups in total. The van der Waals surface area contributed by atoms with E-state index >= 15 is 0 Å². The van der Waals surface area contributed by atoms with E-state index in [1.165, 1.54) is 135 Å². The molecule has 0 rings (SSSR count). The number of carbonyl (C=O) groups excluding carboxylic acids is 4. The van der Waals surface area contributed by atoms with Crippen LogP contribution in [0.5, 0.6) is 0 Å². The molecule has 0 spiro atoms. The van der Waals surface area contributed by atoms with Gasteiger partial charge < -0.3 is 33.8 Å². The lowest BCUT2D eigenvalue weighted by molar-refractivity contribution is -0.161. The predicted molar refractivity (Wildman–Crippen MR) is 354 cm³/mol. The van der Waals surface area contributed by atoms with Gasteiger partial charge in [0.1, 0.15) is 19.3 Å². The first-order chi connectivity index (χ1) is 42.5. The molecule has 0 heterocycles. The Kier molecular flexibility index (Phi) is 60.3. The Morgan fingerprint density at radius 3 is 0.932 bits per heavy atom. The standard InChI is InChI=1S/C69H130O17P2/c1-6-9-12-15-18-21-23-25-26-28-30-34-39-44-49-54-68(73)85-65(59-80-67(72)53-48-43-38-33-29-27-24-22-19-16-13-10-7-2)61-84-88(77,78)82-57-63(70)56-81-87(75,76)83-60-64(58-79-66(71)52-47-42-37-20-17-14-11-8-3)86-69(74)55-50-45-40-35-31-32-36-41-46-51-62(4)5/h21,23,25-26,62-65,70H,6-20,22,24,27-61H2,1-5H3,(H,75,76)(H,77,78)/b23-21-,26-25-/t63-,64+,65+/m0/s1. The zero-order valence-corrected chi connectivity index (χ0v) is 58.1. The second kappa shape index (κ2) is 62.0. The fourth-order valence-electron chi connectivity index (χ4n) is 9.93. The summed E-state index contributed by atoms with van der Waals surface area (Å²) < 4.78 is 68.1. The molecule has 0 aliphatic rings. The van der Waals surface area contributed by atoms with Crippen molar-refractivity contribution in [1.29, 1.82) is 0 Å². The molecule has 0 radical (unpaired) electrons. The van der Waals surface area contributed by atoms with Crippen LogP contribution < -0.4 is 0 Å². The Hall–Kier alpha value is -2.46. The van der Waals surface area contributed by atoms with E-state index in [0.717, 1.165) is 115 Å². The monoisotopic (exact) mass is 1290 g/mol. The van der Waals surface area contributed by atoms with Crippen LogP contribution in [-0.4, -0.2) is 96.7 Å². The average Bonchev–Trinajstić information content (AvgIpc) is 3.52. The number of esters is 4. The largest absolute Gasteiger partial charge is 0.472 e. The molecule has 0 saturated carbocycles. The van der Waals surface area contributed by atoms with Crippen molar-refractivity contribution in [2.24, 2.45) is 5.92 Å². The first kappa shape index (κ1) is 85.5. The molecule has 0 saturated heterocycles. The number of phosphoric ester groups is 2. The third-order valence-electron chi connectivity index (χ3n) is 15.4. The topological polar surface area (TPSA) is 237 Å². The molecular formula is C69H130O17P2. The normalized spacial score (nSPS) is 14.3. The molecule has 0 aromatic heterocycles. The number of phosphoric acid groups is 2. The van der Waals surface area contributed by atoms with E-state index in [1.54, 1.807) is 0 Å². The maximum Gasteiger partial charge on any atom is 0.472 e. The first-order valence-corrected chi connectivity index (χ1v) is 38.4. The Morgan fingerprint density at radius 1 is 0.352 bits per heavy atom. The van der Waals surface area contributed by atoms with Crippen molar-refractivity contribution in [1.82, 2.24) is 0 Å². The van der Waals surface area contributed by atoms with Crippen molar-refractivity contribution < 1.29 is 80.2 Å². The summed E-state index contributed by atoms with van der Waals surface area (Å²) in [5.74, 6) is -1.42. The summed E-state index contributed by atoms with van der Waals surface area (Å²) in [5.41, 5.74) is 0. The maximum absolute atomic E-state index is 13.0. The lowest BCUT2D eigenvalue weighted by Gasteiger charge is -2.21. The number of rotatable bonds is 67. The summed E-state index contributed by atoms with van der Waals surface area (Å²) in [6.07, 6.45) is 50.8. The van der Waals surface area contributed by atoms with E-state index in [9.17, 15) is 43.2 Å². The highest BCUT2D eigenvalue weighted by molar-refractivity contribution is 7.47. The number of aliphatic hydroxyl groups excluding tert-OH is 1. The van der Waals surface area contributed by atoms with Gasteiger partial charge in [-0.15, -0.1) is 0 Å². The van der Waals surface area contributed by atoms with Gasteiger partial charge in [0.15, 0.2) is 12.2 Å². The van der Waals surface area contributed by atoms with Gasteiger partial charge in [-0.3, -0.25) is 37.3 Å². The first-order valence-electron chi connectivity index (χ1n) is 35.5.